The minimum atomic E-state index is -0.816. The Morgan fingerprint density at radius 2 is 1.94 bits per heavy atom. The highest BCUT2D eigenvalue weighted by Crippen LogP contribution is 1.94. The van der Waals surface area contributed by atoms with Crippen LogP contribution >= 0.6 is 0 Å². The van der Waals surface area contributed by atoms with E-state index in [1.807, 2.05) is 6.92 Å². The van der Waals surface area contributed by atoms with E-state index in [2.05, 4.69) is 23.6 Å². The van der Waals surface area contributed by atoms with Crippen LogP contribution in [0.1, 0.15) is 33.6 Å². The first-order valence-corrected chi connectivity index (χ1v) is 5.70. The zero-order chi connectivity index (χ0) is 12.2. The second kappa shape index (κ2) is 10.7. The highest BCUT2D eigenvalue weighted by atomic mass is 17.2. The van der Waals surface area contributed by atoms with Gasteiger partial charge in [-0.15, -0.1) is 0 Å². The molecule has 0 saturated carbocycles. The van der Waals surface area contributed by atoms with Crippen molar-refractivity contribution in [2.75, 3.05) is 26.4 Å². The average Bonchev–Trinajstić information content (AvgIpc) is 2.23. The van der Waals surface area contributed by atoms with Crippen molar-refractivity contribution in [3.63, 3.8) is 0 Å². The molecule has 5 nitrogen and oxygen atoms in total. The SMILES string of the molecule is CCCCOOC(=O)OCCOCC(C)C. The lowest BCUT2D eigenvalue weighted by molar-refractivity contribution is -0.255. The number of hydrogen-bond acceptors (Lipinski definition) is 5. The first-order chi connectivity index (χ1) is 7.66. The maximum atomic E-state index is 10.9. The highest BCUT2D eigenvalue weighted by Gasteiger charge is 2.04. The van der Waals surface area contributed by atoms with E-state index in [4.69, 9.17) is 9.47 Å². The summed E-state index contributed by atoms with van der Waals surface area (Å²) in [4.78, 5) is 19.8. The largest absolute Gasteiger partial charge is 0.540 e. The summed E-state index contributed by atoms with van der Waals surface area (Å²) in [5.41, 5.74) is 0. The third-order valence-electron chi connectivity index (χ3n) is 1.61. The normalized spacial score (nSPS) is 10.5. The number of unbranched alkanes of at least 4 members (excludes halogenated alkanes) is 1. The molecule has 0 N–H and O–H groups in total. The van der Waals surface area contributed by atoms with E-state index in [1.165, 1.54) is 0 Å². The molecule has 0 rings (SSSR count). The van der Waals surface area contributed by atoms with Crippen molar-refractivity contribution >= 4 is 6.16 Å². The summed E-state index contributed by atoms with van der Waals surface area (Å²) in [5, 5.41) is 0. The van der Waals surface area contributed by atoms with Gasteiger partial charge in [0.05, 0.1) is 13.2 Å². The first kappa shape index (κ1) is 15.2. The van der Waals surface area contributed by atoms with Crippen LogP contribution in [0.5, 0.6) is 0 Å². The van der Waals surface area contributed by atoms with Gasteiger partial charge < -0.3 is 9.47 Å². The van der Waals surface area contributed by atoms with Crippen molar-refractivity contribution in [1.29, 1.82) is 0 Å². The number of carbonyl (C=O) groups excluding carboxylic acids is 1. The smallest absolute Gasteiger partial charge is 0.430 e. The molecule has 5 heteroatoms. The van der Waals surface area contributed by atoms with Crippen molar-refractivity contribution in [3.05, 3.63) is 0 Å². The maximum Gasteiger partial charge on any atom is 0.540 e. The predicted octanol–water partition coefficient (Wildman–Crippen LogP) is 2.54. The van der Waals surface area contributed by atoms with Crippen LogP contribution in [0, 0.1) is 5.92 Å². The molecule has 96 valence electrons. The summed E-state index contributed by atoms with van der Waals surface area (Å²) >= 11 is 0. The lowest BCUT2D eigenvalue weighted by Crippen LogP contribution is -2.14. The Bertz CT molecular complexity index is 170. The van der Waals surface area contributed by atoms with Gasteiger partial charge in [-0.1, -0.05) is 27.2 Å². The summed E-state index contributed by atoms with van der Waals surface area (Å²) in [6.45, 7) is 7.74. The van der Waals surface area contributed by atoms with Crippen LogP contribution in [0.3, 0.4) is 0 Å². The molecule has 0 atom stereocenters. The van der Waals surface area contributed by atoms with Crippen LogP contribution < -0.4 is 0 Å². The van der Waals surface area contributed by atoms with Gasteiger partial charge >= 0.3 is 6.16 Å². The van der Waals surface area contributed by atoms with Crippen LogP contribution in [-0.4, -0.2) is 32.6 Å². The summed E-state index contributed by atoms with van der Waals surface area (Å²) in [6, 6.07) is 0. The van der Waals surface area contributed by atoms with E-state index in [9.17, 15) is 4.79 Å². The Labute approximate surface area is 96.9 Å². The third-order valence-corrected chi connectivity index (χ3v) is 1.61. The van der Waals surface area contributed by atoms with Crippen LogP contribution in [0.15, 0.2) is 0 Å². The second-order valence-corrected chi connectivity index (χ2v) is 3.83. The van der Waals surface area contributed by atoms with Gasteiger partial charge in [0.15, 0.2) is 0 Å². The Kier molecular flexibility index (Phi) is 10.2. The lowest BCUT2D eigenvalue weighted by atomic mass is 10.2. The molecule has 0 aromatic heterocycles. The molecule has 0 amide bonds. The molecule has 16 heavy (non-hydrogen) atoms. The zero-order valence-corrected chi connectivity index (χ0v) is 10.4. The maximum absolute atomic E-state index is 10.9. The molecule has 0 spiro atoms. The second-order valence-electron chi connectivity index (χ2n) is 3.83. The molecule has 0 aliphatic carbocycles. The van der Waals surface area contributed by atoms with Crippen molar-refractivity contribution in [1.82, 2.24) is 0 Å². The molecule has 0 aromatic carbocycles. The molecule has 0 unspecified atom stereocenters. The molecule has 0 aliphatic rings. The minimum Gasteiger partial charge on any atom is -0.430 e. The monoisotopic (exact) mass is 234 g/mol. The van der Waals surface area contributed by atoms with Gasteiger partial charge in [0, 0.05) is 6.61 Å². The number of ether oxygens (including phenoxy) is 2. The average molecular weight is 234 g/mol. The van der Waals surface area contributed by atoms with Crippen LogP contribution in [0.2, 0.25) is 0 Å². The van der Waals surface area contributed by atoms with Crippen LogP contribution in [0.25, 0.3) is 0 Å². The Hall–Kier alpha value is -0.810. The van der Waals surface area contributed by atoms with Gasteiger partial charge in [-0.3, -0.25) is 4.89 Å². The summed E-state index contributed by atoms with van der Waals surface area (Å²) in [6.07, 6.45) is 1.02. The van der Waals surface area contributed by atoms with Crippen LogP contribution in [0.4, 0.5) is 4.79 Å². The number of hydrogen-bond donors (Lipinski definition) is 0. The molecular weight excluding hydrogens is 212 g/mol. The summed E-state index contributed by atoms with van der Waals surface area (Å²) < 4.78 is 9.91. The van der Waals surface area contributed by atoms with Crippen molar-refractivity contribution in [2.45, 2.75) is 33.6 Å². The quantitative estimate of drug-likeness (QED) is 0.265. The van der Waals surface area contributed by atoms with Crippen molar-refractivity contribution < 1.29 is 24.0 Å². The Morgan fingerprint density at radius 1 is 1.19 bits per heavy atom. The van der Waals surface area contributed by atoms with E-state index in [0.717, 1.165) is 12.8 Å². The lowest BCUT2D eigenvalue weighted by Gasteiger charge is -2.07. The fraction of sp³-hybridized carbons (Fsp3) is 0.909. The fourth-order valence-corrected chi connectivity index (χ4v) is 0.820. The van der Waals surface area contributed by atoms with E-state index in [1.54, 1.807) is 0 Å². The Balaban J connectivity index is 3.17. The molecule has 0 fully saturated rings. The van der Waals surface area contributed by atoms with Gasteiger partial charge in [-0.05, 0) is 12.3 Å². The zero-order valence-electron chi connectivity index (χ0n) is 10.4. The molecule has 0 bridgehead atoms. The highest BCUT2D eigenvalue weighted by molar-refractivity contribution is 5.58. The predicted molar refractivity (Wildman–Crippen MR) is 59.0 cm³/mol. The number of carbonyl (C=O) groups is 1. The van der Waals surface area contributed by atoms with Crippen LogP contribution in [-0.2, 0) is 19.2 Å². The van der Waals surface area contributed by atoms with Crippen molar-refractivity contribution in [2.24, 2.45) is 5.92 Å². The molecular formula is C11H22O5. The number of rotatable bonds is 9. The van der Waals surface area contributed by atoms with Gasteiger partial charge in [0.2, 0.25) is 0 Å². The van der Waals surface area contributed by atoms with Crippen molar-refractivity contribution in [3.8, 4) is 0 Å². The summed E-state index contributed by atoms with van der Waals surface area (Å²) in [5.74, 6) is 0.476. The van der Waals surface area contributed by atoms with E-state index < -0.39 is 6.16 Å². The van der Waals surface area contributed by atoms with E-state index in [-0.39, 0.29) is 6.61 Å². The standard InChI is InChI=1S/C11H22O5/c1-4-5-6-15-16-11(12)14-8-7-13-9-10(2)3/h10H,4-9H2,1-3H3. The van der Waals surface area contributed by atoms with E-state index >= 15 is 0 Å². The summed E-state index contributed by atoms with van der Waals surface area (Å²) in [7, 11) is 0. The first-order valence-electron chi connectivity index (χ1n) is 5.70. The molecule has 0 aliphatic heterocycles. The molecule has 0 aromatic rings. The van der Waals surface area contributed by atoms with E-state index in [0.29, 0.717) is 25.7 Å². The third kappa shape index (κ3) is 11.3. The molecule has 0 saturated heterocycles. The fourth-order valence-electron chi connectivity index (χ4n) is 0.820. The topological polar surface area (TPSA) is 54.0 Å². The molecule has 0 radical (unpaired) electrons. The van der Waals surface area contributed by atoms with Gasteiger partial charge in [0.25, 0.3) is 0 Å². The molecule has 0 heterocycles. The van der Waals surface area contributed by atoms with Gasteiger partial charge in [0.1, 0.15) is 6.61 Å². The Morgan fingerprint density at radius 3 is 2.56 bits per heavy atom. The minimum absolute atomic E-state index is 0.183. The van der Waals surface area contributed by atoms with Gasteiger partial charge in [-0.25, -0.2) is 4.79 Å². The van der Waals surface area contributed by atoms with Gasteiger partial charge in [-0.2, -0.15) is 4.89 Å².